The third kappa shape index (κ3) is 2.41. The summed E-state index contributed by atoms with van der Waals surface area (Å²) in [5, 5.41) is 0. The highest BCUT2D eigenvalue weighted by Crippen LogP contribution is 2.43. The molecule has 118 valence electrons. The summed E-state index contributed by atoms with van der Waals surface area (Å²) in [5.74, 6) is 0.832. The van der Waals surface area contributed by atoms with E-state index >= 15 is 0 Å². The van der Waals surface area contributed by atoms with Crippen LogP contribution in [0.5, 0.6) is 0 Å². The van der Waals surface area contributed by atoms with Crippen LogP contribution in [-0.2, 0) is 16.0 Å². The van der Waals surface area contributed by atoms with Crippen LogP contribution in [0.4, 0.5) is 0 Å². The van der Waals surface area contributed by atoms with Gasteiger partial charge in [-0.1, -0.05) is 30.3 Å². The second-order valence-electron chi connectivity index (χ2n) is 6.15. The quantitative estimate of drug-likeness (QED) is 0.873. The zero-order chi connectivity index (χ0) is 15.8. The van der Waals surface area contributed by atoms with Crippen molar-refractivity contribution in [3.8, 4) is 11.4 Å². The first-order valence-corrected chi connectivity index (χ1v) is 7.99. The molecule has 1 saturated heterocycles. The molecule has 3 heterocycles. The maximum absolute atomic E-state index is 12.3. The van der Waals surface area contributed by atoms with Gasteiger partial charge < -0.3 is 9.64 Å². The van der Waals surface area contributed by atoms with Gasteiger partial charge in [0.25, 0.3) is 0 Å². The molecule has 4 rings (SSSR count). The molecule has 23 heavy (non-hydrogen) atoms. The Kier molecular flexibility index (Phi) is 3.58. The molecular formula is C18H19N3O2. The highest BCUT2D eigenvalue weighted by Gasteiger charge is 2.43. The van der Waals surface area contributed by atoms with Crippen molar-refractivity contribution >= 4 is 5.91 Å². The second kappa shape index (κ2) is 5.74. The smallest absolute Gasteiger partial charge is 0.249 e. The monoisotopic (exact) mass is 309 g/mol. The maximum Gasteiger partial charge on any atom is 0.249 e. The number of benzene rings is 1. The van der Waals surface area contributed by atoms with Crippen LogP contribution >= 0.6 is 0 Å². The molecular weight excluding hydrogens is 290 g/mol. The summed E-state index contributed by atoms with van der Waals surface area (Å²) in [6.07, 6.45) is 4.73. The number of ether oxygens (including phenoxy) is 1. The van der Waals surface area contributed by atoms with Crippen molar-refractivity contribution < 1.29 is 9.53 Å². The van der Waals surface area contributed by atoms with Gasteiger partial charge in [0.1, 0.15) is 6.61 Å². The SMILES string of the molecule is COCC(=O)N1C2CCC1c1cnc(-c3ccccc3)nc1C2. The number of hydrogen-bond acceptors (Lipinski definition) is 4. The Morgan fingerprint density at radius 2 is 2.13 bits per heavy atom. The fourth-order valence-electron chi connectivity index (χ4n) is 3.78. The van der Waals surface area contributed by atoms with Crippen molar-refractivity contribution in [2.24, 2.45) is 0 Å². The van der Waals surface area contributed by atoms with Crippen molar-refractivity contribution in [3.05, 3.63) is 47.8 Å². The van der Waals surface area contributed by atoms with Gasteiger partial charge in [-0.2, -0.15) is 0 Å². The third-order valence-corrected chi connectivity index (χ3v) is 4.78. The molecule has 1 fully saturated rings. The first kappa shape index (κ1) is 14.3. The number of rotatable bonds is 3. The molecule has 5 heteroatoms. The minimum atomic E-state index is 0.0674. The molecule has 2 unspecified atom stereocenters. The second-order valence-corrected chi connectivity index (χ2v) is 6.15. The van der Waals surface area contributed by atoms with Crippen molar-refractivity contribution in [1.82, 2.24) is 14.9 Å². The lowest BCUT2D eigenvalue weighted by molar-refractivity contribution is -0.138. The van der Waals surface area contributed by atoms with Crippen molar-refractivity contribution in [2.45, 2.75) is 31.3 Å². The first-order chi connectivity index (χ1) is 11.3. The Morgan fingerprint density at radius 1 is 1.30 bits per heavy atom. The van der Waals surface area contributed by atoms with E-state index in [2.05, 4.69) is 4.98 Å². The lowest BCUT2D eigenvalue weighted by atomic mass is 9.99. The number of fused-ring (bicyclic) bond motifs is 4. The lowest BCUT2D eigenvalue weighted by Crippen LogP contribution is -2.43. The molecule has 2 aromatic rings. The molecule has 1 aromatic heterocycles. The van der Waals surface area contributed by atoms with E-state index in [-0.39, 0.29) is 24.6 Å². The van der Waals surface area contributed by atoms with Crippen LogP contribution in [0, 0.1) is 0 Å². The molecule has 2 aliphatic rings. The Bertz CT molecular complexity index is 732. The van der Waals surface area contributed by atoms with Crippen molar-refractivity contribution in [3.63, 3.8) is 0 Å². The van der Waals surface area contributed by atoms with Crippen LogP contribution in [0.1, 0.15) is 30.1 Å². The average Bonchev–Trinajstić information content (AvgIpc) is 2.91. The van der Waals surface area contributed by atoms with Crippen LogP contribution < -0.4 is 0 Å². The number of carbonyl (C=O) groups excluding carboxylic acids is 1. The van der Waals surface area contributed by atoms with E-state index < -0.39 is 0 Å². The van der Waals surface area contributed by atoms with E-state index in [0.29, 0.717) is 0 Å². The van der Waals surface area contributed by atoms with Gasteiger partial charge in [-0.3, -0.25) is 4.79 Å². The predicted octanol–water partition coefficient (Wildman–Crippen LogP) is 2.38. The minimum Gasteiger partial charge on any atom is -0.375 e. The molecule has 2 aliphatic heterocycles. The van der Waals surface area contributed by atoms with Gasteiger partial charge in [0, 0.05) is 36.9 Å². The maximum atomic E-state index is 12.3. The van der Waals surface area contributed by atoms with E-state index in [4.69, 9.17) is 9.72 Å². The van der Waals surface area contributed by atoms with Crippen LogP contribution in [0.15, 0.2) is 36.5 Å². The van der Waals surface area contributed by atoms with Gasteiger partial charge in [-0.05, 0) is 12.8 Å². The third-order valence-electron chi connectivity index (χ3n) is 4.78. The molecule has 1 aromatic carbocycles. The lowest BCUT2D eigenvalue weighted by Gasteiger charge is -2.35. The number of nitrogens with zero attached hydrogens (tertiary/aromatic N) is 3. The molecule has 2 bridgehead atoms. The zero-order valence-electron chi connectivity index (χ0n) is 13.1. The highest BCUT2D eigenvalue weighted by atomic mass is 16.5. The van der Waals surface area contributed by atoms with Gasteiger partial charge in [0.15, 0.2) is 5.82 Å². The molecule has 0 aliphatic carbocycles. The summed E-state index contributed by atoms with van der Waals surface area (Å²) in [6.45, 7) is 0.144. The predicted molar refractivity (Wildman–Crippen MR) is 85.7 cm³/mol. The van der Waals surface area contributed by atoms with E-state index in [1.165, 1.54) is 0 Å². The topological polar surface area (TPSA) is 55.3 Å². The summed E-state index contributed by atoms with van der Waals surface area (Å²) in [6, 6.07) is 10.4. The van der Waals surface area contributed by atoms with Crippen molar-refractivity contribution in [1.29, 1.82) is 0 Å². The summed E-state index contributed by atoms with van der Waals surface area (Å²) >= 11 is 0. The zero-order valence-corrected chi connectivity index (χ0v) is 13.1. The fraction of sp³-hybridized carbons (Fsp3) is 0.389. The van der Waals surface area contributed by atoms with Crippen LogP contribution in [0.25, 0.3) is 11.4 Å². The van der Waals surface area contributed by atoms with Crippen molar-refractivity contribution in [2.75, 3.05) is 13.7 Å². The standard InChI is InChI=1S/C18H19N3O2/c1-23-11-17(22)21-13-7-8-16(21)14-10-19-18(20-15(14)9-13)12-5-3-2-4-6-12/h2-6,10,13,16H,7-9,11H2,1H3. The summed E-state index contributed by atoms with van der Waals surface area (Å²) in [5.41, 5.74) is 3.22. The van der Waals surface area contributed by atoms with Gasteiger partial charge in [0.05, 0.1) is 11.7 Å². The van der Waals surface area contributed by atoms with E-state index in [1.54, 1.807) is 7.11 Å². The first-order valence-electron chi connectivity index (χ1n) is 7.99. The van der Waals surface area contributed by atoms with Crippen LogP contribution in [0.3, 0.4) is 0 Å². The van der Waals surface area contributed by atoms with E-state index in [9.17, 15) is 4.79 Å². The molecule has 0 saturated carbocycles. The van der Waals surface area contributed by atoms with E-state index in [0.717, 1.165) is 41.9 Å². The van der Waals surface area contributed by atoms with Crippen LogP contribution in [0.2, 0.25) is 0 Å². The summed E-state index contributed by atoms with van der Waals surface area (Å²) < 4.78 is 5.02. The average molecular weight is 309 g/mol. The normalized spacial score (nSPS) is 22.0. The molecule has 0 N–H and O–H groups in total. The Labute approximate surface area is 135 Å². The number of methoxy groups -OCH3 is 1. The van der Waals surface area contributed by atoms with Gasteiger partial charge in [0.2, 0.25) is 5.91 Å². The molecule has 5 nitrogen and oxygen atoms in total. The minimum absolute atomic E-state index is 0.0674. The van der Waals surface area contributed by atoms with E-state index in [1.807, 2.05) is 41.4 Å². The summed E-state index contributed by atoms with van der Waals surface area (Å²) in [7, 11) is 1.56. The fourth-order valence-corrected chi connectivity index (χ4v) is 3.78. The summed E-state index contributed by atoms with van der Waals surface area (Å²) in [4.78, 5) is 23.6. The van der Waals surface area contributed by atoms with Gasteiger partial charge >= 0.3 is 0 Å². The van der Waals surface area contributed by atoms with Crippen LogP contribution in [-0.4, -0.2) is 40.5 Å². The Balaban J connectivity index is 1.68. The number of hydrogen-bond donors (Lipinski definition) is 0. The van der Waals surface area contributed by atoms with Gasteiger partial charge in [-0.15, -0.1) is 0 Å². The molecule has 2 atom stereocenters. The van der Waals surface area contributed by atoms with Gasteiger partial charge in [-0.25, -0.2) is 9.97 Å². The molecule has 0 spiro atoms. The highest BCUT2D eigenvalue weighted by molar-refractivity contribution is 5.79. The Hall–Kier alpha value is -2.27. The number of aromatic nitrogens is 2. The number of amides is 1. The largest absolute Gasteiger partial charge is 0.375 e. The molecule has 0 radical (unpaired) electrons. The molecule has 1 amide bonds. The number of carbonyl (C=O) groups is 1. The Morgan fingerprint density at radius 3 is 2.91 bits per heavy atom.